The second-order valence-electron chi connectivity index (χ2n) is 5.29. The summed E-state index contributed by atoms with van der Waals surface area (Å²) in [6.45, 7) is 10.2. The van der Waals surface area contributed by atoms with Gasteiger partial charge in [0.2, 0.25) is 0 Å². The molecule has 0 radical (unpaired) electrons. The lowest BCUT2D eigenvalue weighted by molar-refractivity contribution is 0.00578. The predicted molar refractivity (Wildman–Crippen MR) is 72.0 cm³/mol. The van der Waals surface area contributed by atoms with E-state index in [0.29, 0.717) is 0 Å². The Morgan fingerprint density at radius 1 is 1.24 bits per heavy atom. The van der Waals surface area contributed by atoms with E-state index in [1.807, 2.05) is 24.5 Å². The molecule has 17 heavy (non-hydrogen) atoms. The van der Waals surface area contributed by atoms with Gasteiger partial charge in [-0.2, -0.15) is 0 Å². The van der Waals surface area contributed by atoms with Crippen molar-refractivity contribution in [3.8, 4) is 0 Å². The minimum atomic E-state index is -0.276. The first kappa shape index (κ1) is 12.8. The average Bonchev–Trinajstić information content (AvgIpc) is 2.66. The predicted octanol–water partition coefficient (Wildman–Crippen LogP) is 3.10. The highest BCUT2D eigenvalue weighted by atomic mass is 32.1. The van der Waals surface area contributed by atoms with Gasteiger partial charge in [0.05, 0.1) is 22.4 Å². The van der Waals surface area contributed by atoms with E-state index >= 15 is 0 Å². The van der Waals surface area contributed by atoms with Gasteiger partial charge in [-0.25, -0.2) is 4.98 Å². The van der Waals surface area contributed by atoms with Crippen molar-refractivity contribution in [2.24, 2.45) is 0 Å². The molecule has 0 N–H and O–H groups in total. The molecule has 2 rings (SSSR count). The van der Waals surface area contributed by atoms with Crippen molar-refractivity contribution in [2.45, 2.75) is 45.8 Å². The van der Waals surface area contributed by atoms with Crippen LogP contribution in [-0.2, 0) is 9.31 Å². The first-order valence-corrected chi connectivity index (χ1v) is 6.64. The summed E-state index contributed by atoms with van der Waals surface area (Å²) in [5.41, 5.74) is 2.34. The maximum atomic E-state index is 5.88. The molecule has 3 nitrogen and oxygen atoms in total. The molecule has 0 amide bonds. The lowest BCUT2D eigenvalue weighted by atomic mass is 9.90. The molecule has 92 valence electrons. The Morgan fingerprint density at radius 3 is 2.29 bits per heavy atom. The molecule has 1 saturated heterocycles. The Morgan fingerprint density at radius 2 is 1.82 bits per heavy atom. The van der Waals surface area contributed by atoms with E-state index in [-0.39, 0.29) is 18.3 Å². The van der Waals surface area contributed by atoms with E-state index < -0.39 is 0 Å². The molecule has 0 aliphatic carbocycles. The van der Waals surface area contributed by atoms with Gasteiger partial charge in [0.1, 0.15) is 0 Å². The molecular formula is C12H18BNO2S. The standard InChI is InChI=1S/C12H18BNO2S/c1-9-10(17-8-14-9)6-7-13-15-11(2,3)12(4,5)16-13/h6-8H,1-5H3/b7-6+. The number of thiazole rings is 1. The fraction of sp³-hybridized carbons (Fsp3) is 0.583. The van der Waals surface area contributed by atoms with Crippen LogP contribution in [0.25, 0.3) is 6.08 Å². The van der Waals surface area contributed by atoms with Crippen LogP contribution in [-0.4, -0.2) is 23.3 Å². The van der Waals surface area contributed by atoms with Crippen molar-refractivity contribution in [1.82, 2.24) is 4.98 Å². The highest BCUT2D eigenvalue weighted by Gasteiger charge is 2.49. The summed E-state index contributed by atoms with van der Waals surface area (Å²) in [6, 6.07) is 0. The monoisotopic (exact) mass is 251 g/mol. The van der Waals surface area contributed by atoms with Crippen molar-refractivity contribution in [3.63, 3.8) is 0 Å². The molecule has 0 atom stereocenters. The molecule has 0 saturated carbocycles. The third-order valence-electron chi connectivity index (χ3n) is 3.46. The average molecular weight is 251 g/mol. The topological polar surface area (TPSA) is 31.4 Å². The molecular weight excluding hydrogens is 233 g/mol. The number of nitrogens with zero attached hydrogens (tertiary/aromatic N) is 1. The number of aryl methyl sites for hydroxylation is 1. The molecule has 0 aromatic carbocycles. The van der Waals surface area contributed by atoms with Crippen molar-refractivity contribution in [1.29, 1.82) is 0 Å². The van der Waals surface area contributed by atoms with Gasteiger partial charge in [-0.3, -0.25) is 0 Å². The van der Waals surface area contributed by atoms with Gasteiger partial charge < -0.3 is 9.31 Å². The number of hydrogen-bond donors (Lipinski definition) is 0. The minimum Gasteiger partial charge on any atom is -0.400 e. The molecule has 1 aliphatic rings. The zero-order valence-electron chi connectivity index (χ0n) is 11.0. The van der Waals surface area contributed by atoms with Crippen molar-refractivity contribution in [2.75, 3.05) is 0 Å². The fourth-order valence-corrected chi connectivity index (χ4v) is 2.31. The number of rotatable bonds is 2. The zero-order valence-corrected chi connectivity index (χ0v) is 11.8. The van der Waals surface area contributed by atoms with Gasteiger partial charge in [0.25, 0.3) is 0 Å². The van der Waals surface area contributed by atoms with Crippen molar-refractivity contribution >= 4 is 24.5 Å². The number of hydrogen-bond acceptors (Lipinski definition) is 4. The first-order chi connectivity index (χ1) is 7.82. The third kappa shape index (κ3) is 2.46. The van der Waals surface area contributed by atoms with Crippen LogP contribution in [0.5, 0.6) is 0 Å². The summed E-state index contributed by atoms with van der Waals surface area (Å²) in [5.74, 6) is 1.96. The Bertz CT molecular complexity index is 423. The van der Waals surface area contributed by atoms with E-state index in [1.165, 1.54) is 0 Å². The molecule has 5 heteroatoms. The Kier molecular flexibility index (Phi) is 3.18. The SMILES string of the molecule is Cc1ncsc1/C=C/B1OC(C)(C)C(C)(C)O1. The molecule has 1 aliphatic heterocycles. The smallest absolute Gasteiger partial charge is 0.400 e. The van der Waals surface area contributed by atoms with E-state index in [0.717, 1.165) is 10.6 Å². The largest absolute Gasteiger partial charge is 0.487 e. The molecule has 0 bridgehead atoms. The highest BCUT2D eigenvalue weighted by Crippen LogP contribution is 2.37. The number of aromatic nitrogens is 1. The lowest BCUT2D eigenvalue weighted by Crippen LogP contribution is -2.41. The van der Waals surface area contributed by atoms with Crippen LogP contribution >= 0.6 is 11.3 Å². The molecule has 1 fully saturated rings. The minimum absolute atomic E-state index is 0.273. The lowest BCUT2D eigenvalue weighted by Gasteiger charge is -2.32. The van der Waals surface area contributed by atoms with Gasteiger partial charge in [-0.05, 0) is 34.6 Å². The van der Waals surface area contributed by atoms with Crippen LogP contribution in [0.2, 0.25) is 0 Å². The Hall–Kier alpha value is -0.645. The van der Waals surface area contributed by atoms with E-state index in [4.69, 9.17) is 9.31 Å². The fourth-order valence-electron chi connectivity index (χ4n) is 1.60. The first-order valence-electron chi connectivity index (χ1n) is 5.76. The van der Waals surface area contributed by atoms with E-state index in [9.17, 15) is 0 Å². The van der Waals surface area contributed by atoms with E-state index in [2.05, 4.69) is 32.7 Å². The summed E-state index contributed by atoms with van der Waals surface area (Å²) in [6.07, 6.45) is 2.02. The highest BCUT2D eigenvalue weighted by molar-refractivity contribution is 7.10. The summed E-state index contributed by atoms with van der Waals surface area (Å²) in [5, 5.41) is 0. The molecule has 0 spiro atoms. The van der Waals surface area contributed by atoms with Gasteiger partial charge in [0, 0.05) is 4.88 Å². The van der Waals surface area contributed by atoms with Crippen molar-refractivity contribution < 1.29 is 9.31 Å². The van der Waals surface area contributed by atoms with Crippen LogP contribution in [0.15, 0.2) is 11.5 Å². The van der Waals surface area contributed by atoms with Crippen LogP contribution in [0, 0.1) is 6.92 Å². The Balaban J connectivity index is 2.08. The summed E-state index contributed by atoms with van der Waals surface area (Å²) >= 11 is 1.62. The second kappa shape index (κ2) is 4.23. The third-order valence-corrected chi connectivity index (χ3v) is 4.36. The van der Waals surface area contributed by atoms with Gasteiger partial charge >= 0.3 is 7.12 Å². The van der Waals surface area contributed by atoms with Gasteiger partial charge in [-0.1, -0.05) is 12.1 Å². The van der Waals surface area contributed by atoms with Crippen LogP contribution in [0.4, 0.5) is 0 Å². The molecule has 1 aromatic rings. The summed E-state index contributed by atoms with van der Waals surface area (Å²) in [4.78, 5) is 5.36. The summed E-state index contributed by atoms with van der Waals surface area (Å²) < 4.78 is 11.8. The van der Waals surface area contributed by atoms with Gasteiger partial charge in [-0.15, -0.1) is 11.3 Å². The second-order valence-corrected chi connectivity index (χ2v) is 6.17. The molecule has 1 aromatic heterocycles. The summed E-state index contributed by atoms with van der Waals surface area (Å²) in [7, 11) is -0.276. The zero-order chi connectivity index (χ0) is 12.7. The van der Waals surface area contributed by atoms with Crippen LogP contribution < -0.4 is 0 Å². The van der Waals surface area contributed by atoms with Crippen molar-refractivity contribution in [3.05, 3.63) is 22.1 Å². The quantitative estimate of drug-likeness (QED) is 0.757. The Labute approximate surface area is 107 Å². The van der Waals surface area contributed by atoms with Crippen LogP contribution in [0.1, 0.15) is 38.3 Å². The maximum Gasteiger partial charge on any atom is 0.487 e. The maximum absolute atomic E-state index is 5.88. The van der Waals surface area contributed by atoms with E-state index in [1.54, 1.807) is 11.3 Å². The van der Waals surface area contributed by atoms with Gasteiger partial charge in [0.15, 0.2) is 0 Å². The molecule has 0 unspecified atom stereocenters. The molecule has 2 heterocycles. The van der Waals surface area contributed by atoms with Crippen LogP contribution in [0.3, 0.4) is 0 Å². The normalized spacial score (nSPS) is 22.5.